The van der Waals surface area contributed by atoms with Crippen molar-refractivity contribution in [3.8, 4) is 0 Å². The third-order valence-electron chi connectivity index (χ3n) is 3.38. The SMILES string of the molecule is CCC1CCCCC1NC(=O)CCNC.Cl. The van der Waals surface area contributed by atoms with E-state index in [4.69, 9.17) is 0 Å². The highest BCUT2D eigenvalue weighted by molar-refractivity contribution is 5.85. The van der Waals surface area contributed by atoms with Crippen molar-refractivity contribution in [1.29, 1.82) is 0 Å². The van der Waals surface area contributed by atoms with Gasteiger partial charge in [-0.1, -0.05) is 26.2 Å². The molecule has 1 rings (SSSR count). The van der Waals surface area contributed by atoms with Crippen LogP contribution in [-0.4, -0.2) is 25.5 Å². The molecule has 2 unspecified atom stereocenters. The molecule has 0 aliphatic heterocycles. The Kier molecular flexibility index (Phi) is 8.67. The number of hydrogen-bond acceptors (Lipinski definition) is 2. The number of carbonyl (C=O) groups is 1. The molecule has 0 heterocycles. The van der Waals surface area contributed by atoms with Crippen LogP contribution in [0.2, 0.25) is 0 Å². The Morgan fingerprint density at radius 3 is 2.62 bits per heavy atom. The summed E-state index contributed by atoms with van der Waals surface area (Å²) in [6.07, 6.45) is 6.85. The predicted molar refractivity (Wildman–Crippen MR) is 70.0 cm³/mol. The van der Waals surface area contributed by atoms with Crippen molar-refractivity contribution < 1.29 is 4.79 Å². The lowest BCUT2D eigenvalue weighted by Crippen LogP contribution is -2.42. The number of nitrogens with one attached hydrogen (secondary N) is 2. The van der Waals surface area contributed by atoms with E-state index >= 15 is 0 Å². The molecule has 0 spiro atoms. The van der Waals surface area contributed by atoms with Crippen LogP contribution in [0, 0.1) is 5.92 Å². The van der Waals surface area contributed by atoms with Crippen molar-refractivity contribution in [3.63, 3.8) is 0 Å². The second-order valence-corrected chi connectivity index (χ2v) is 4.48. The first-order valence-corrected chi connectivity index (χ1v) is 6.22. The van der Waals surface area contributed by atoms with Gasteiger partial charge < -0.3 is 10.6 Å². The lowest BCUT2D eigenvalue weighted by molar-refractivity contribution is -0.122. The Balaban J connectivity index is 0.00000225. The van der Waals surface area contributed by atoms with E-state index in [1.807, 2.05) is 7.05 Å². The monoisotopic (exact) mass is 248 g/mol. The van der Waals surface area contributed by atoms with Crippen LogP contribution in [-0.2, 0) is 4.79 Å². The van der Waals surface area contributed by atoms with Crippen LogP contribution >= 0.6 is 12.4 Å². The zero-order chi connectivity index (χ0) is 11.1. The summed E-state index contributed by atoms with van der Waals surface area (Å²) >= 11 is 0. The van der Waals surface area contributed by atoms with Crippen molar-refractivity contribution in [2.24, 2.45) is 5.92 Å². The smallest absolute Gasteiger partial charge is 0.221 e. The molecular weight excluding hydrogens is 224 g/mol. The van der Waals surface area contributed by atoms with E-state index in [1.165, 1.54) is 32.1 Å². The molecule has 2 N–H and O–H groups in total. The Hall–Kier alpha value is -0.280. The van der Waals surface area contributed by atoms with Crippen LogP contribution in [0.5, 0.6) is 0 Å². The van der Waals surface area contributed by atoms with Crippen LogP contribution in [0.25, 0.3) is 0 Å². The summed E-state index contributed by atoms with van der Waals surface area (Å²) in [5, 5.41) is 6.18. The summed E-state index contributed by atoms with van der Waals surface area (Å²) in [6, 6.07) is 0.438. The highest BCUT2D eigenvalue weighted by Gasteiger charge is 2.24. The molecule has 1 fully saturated rings. The molecule has 0 aromatic carbocycles. The average molecular weight is 249 g/mol. The van der Waals surface area contributed by atoms with Gasteiger partial charge in [0, 0.05) is 19.0 Å². The topological polar surface area (TPSA) is 41.1 Å². The van der Waals surface area contributed by atoms with Gasteiger partial charge in [-0.05, 0) is 25.8 Å². The van der Waals surface area contributed by atoms with Gasteiger partial charge in [0.1, 0.15) is 0 Å². The fourth-order valence-corrected chi connectivity index (χ4v) is 2.40. The first-order valence-electron chi connectivity index (χ1n) is 6.22. The van der Waals surface area contributed by atoms with Crippen LogP contribution < -0.4 is 10.6 Å². The van der Waals surface area contributed by atoms with Gasteiger partial charge in [0.05, 0.1) is 0 Å². The van der Waals surface area contributed by atoms with E-state index in [0.717, 1.165) is 6.54 Å². The van der Waals surface area contributed by atoms with E-state index in [-0.39, 0.29) is 18.3 Å². The highest BCUT2D eigenvalue weighted by Crippen LogP contribution is 2.26. The minimum atomic E-state index is 0. The molecular formula is C12H25ClN2O. The molecule has 0 aromatic rings. The third-order valence-corrected chi connectivity index (χ3v) is 3.38. The van der Waals surface area contributed by atoms with Gasteiger partial charge in [0.15, 0.2) is 0 Å². The molecule has 0 aromatic heterocycles. The normalized spacial score (nSPS) is 24.6. The highest BCUT2D eigenvalue weighted by atomic mass is 35.5. The van der Waals surface area contributed by atoms with Crippen molar-refractivity contribution >= 4 is 18.3 Å². The van der Waals surface area contributed by atoms with Crippen molar-refractivity contribution in [3.05, 3.63) is 0 Å². The molecule has 1 amide bonds. The largest absolute Gasteiger partial charge is 0.353 e. The Bertz CT molecular complexity index is 199. The number of halogens is 1. The zero-order valence-electron chi connectivity index (χ0n) is 10.4. The average Bonchev–Trinajstić information content (AvgIpc) is 2.27. The third kappa shape index (κ3) is 5.17. The van der Waals surface area contributed by atoms with Gasteiger partial charge in [0.2, 0.25) is 5.91 Å². The molecule has 4 heteroatoms. The van der Waals surface area contributed by atoms with Crippen molar-refractivity contribution in [2.75, 3.05) is 13.6 Å². The molecule has 2 atom stereocenters. The minimum absolute atomic E-state index is 0. The fourth-order valence-electron chi connectivity index (χ4n) is 2.40. The second-order valence-electron chi connectivity index (χ2n) is 4.48. The quantitative estimate of drug-likeness (QED) is 0.783. The first-order chi connectivity index (χ1) is 7.27. The minimum Gasteiger partial charge on any atom is -0.353 e. The maximum absolute atomic E-state index is 11.6. The summed E-state index contributed by atoms with van der Waals surface area (Å²) in [4.78, 5) is 11.6. The van der Waals surface area contributed by atoms with E-state index in [2.05, 4.69) is 17.6 Å². The van der Waals surface area contributed by atoms with Crippen molar-refractivity contribution in [1.82, 2.24) is 10.6 Å². The van der Waals surface area contributed by atoms with Crippen LogP contribution in [0.1, 0.15) is 45.4 Å². The number of hydrogen-bond donors (Lipinski definition) is 2. The first kappa shape index (κ1) is 15.7. The standard InChI is InChI=1S/C12H24N2O.ClH/c1-3-10-6-4-5-7-11(10)14-12(15)8-9-13-2;/h10-11,13H,3-9H2,1-2H3,(H,14,15);1H. The zero-order valence-corrected chi connectivity index (χ0v) is 11.2. The maximum Gasteiger partial charge on any atom is 0.221 e. The van der Waals surface area contributed by atoms with Crippen LogP contribution in [0.3, 0.4) is 0 Å². The summed E-state index contributed by atoms with van der Waals surface area (Å²) in [5.74, 6) is 0.909. The molecule has 1 aliphatic carbocycles. The van der Waals surface area contributed by atoms with E-state index in [1.54, 1.807) is 0 Å². The lowest BCUT2D eigenvalue weighted by Gasteiger charge is -2.31. The maximum atomic E-state index is 11.6. The number of rotatable bonds is 5. The van der Waals surface area contributed by atoms with Gasteiger partial charge in [0.25, 0.3) is 0 Å². The predicted octanol–water partition coefficient (Wildman–Crippen LogP) is 2.10. The lowest BCUT2D eigenvalue weighted by atomic mass is 9.83. The number of carbonyl (C=O) groups excluding carboxylic acids is 1. The summed E-state index contributed by atoms with van der Waals surface area (Å²) in [6.45, 7) is 3.00. The fraction of sp³-hybridized carbons (Fsp3) is 0.917. The number of amides is 1. The van der Waals surface area contributed by atoms with Gasteiger partial charge >= 0.3 is 0 Å². The van der Waals surface area contributed by atoms with Crippen LogP contribution in [0.4, 0.5) is 0 Å². The van der Waals surface area contributed by atoms with Gasteiger partial charge in [-0.25, -0.2) is 0 Å². The van der Waals surface area contributed by atoms with Gasteiger partial charge in [-0.3, -0.25) is 4.79 Å². The molecule has 0 saturated heterocycles. The molecule has 1 saturated carbocycles. The van der Waals surface area contributed by atoms with Crippen molar-refractivity contribution in [2.45, 2.75) is 51.5 Å². The summed E-state index contributed by atoms with van der Waals surface area (Å²) in [5.41, 5.74) is 0. The van der Waals surface area contributed by atoms with Crippen LogP contribution in [0.15, 0.2) is 0 Å². The molecule has 3 nitrogen and oxygen atoms in total. The van der Waals surface area contributed by atoms with Gasteiger partial charge in [-0.15, -0.1) is 12.4 Å². The molecule has 0 bridgehead atoms. The summed E-state index contributed by atoms with van der Waals surface area (Å²) in [7, 11) is 1.88. The summed E-state index contributed by atoms with van der Waals surface area (Å²) < 4.78 is 0. The molecule has 0 radical (unpaired) electrons. The Labute approximate surface area is 105 Å². The van der Waals surface area contributed by atoms with Gasteiger partial charge in [-0.2, -0.15) is 0 Å². The Morgan fingerprint density at radius 2 is 2.00 bits per heavy atom. The van der Waals surface area contributed by atoms with E-state index < -0.39 is 0 Å². The van der Waals surface area contributed by atoms with E-state index in [0.29, 0.717) is 18.4 Å². The molecule has 96 valence electrons. The van der Waals surface area contributed by atoms with E-state index in [9.17, 15) is 4.79 Å². The molecule has 1 aliphatic rings. The molecule has 16 heavy (non-hydrogen) atoms. The Morgan fingerprint density at radius 1 is 1.31 bits per heavy atom. The second kappa shape index (κ2) is 8.82.